The fourth-order valence-electron chi connectivity index (χ4n) is 3.87. The number of anilines is 1. The molecule has 28 heavy (non-hydrogen) atoms. The van der Waals surface area contributed by atoms with Crippen LogP contribution in [0.1, 0.15) is 57.6 Å². The van der Waals surface area contributed by atoms with Crippen molar-refractivity contribution in [3.8, 4) is 6.07 Å². The van der Waals surface area contributed by atoms with Gasteiger partial charge < -0.3 is 14.4 Å². The molecule has 152 valence electrons. The number of carbonyl (C=O) groups excluding carboxylic acids is 1. The molecule has 0 N–H and O–H groups in total. The minimum atomic E-state index is -0.779. The molecule has 1 aliphatic heterocycles. The maximum absolute atomic E-state index is 14.9. The smallest absolute Gasteiger partial charge is 0.348 e. The van der Waals surface area contributed by atoms with Crippen molar-refractivity contribution in [2.75, 3.05) is 31.8 Å². The van der Waals surface area contributed by atoms with Crippen LogP contribution in [0.3, 0.4) is 0 Å². The van der Waals surface area contributed by atoms with Crippen LogP contribution in [-0.4, -0.2) is 38.4 Å². The normalized spacial score (nSPS) is 18.4. The fourth-order valence-corrected chi connectivity index (χ4v) is 3.87. The summed E-state index contributed by atoms with van der Waals surface area (Å²) in [7, 11) is 1.49. The van der Waals surface area contributed by atoms with Crippen LogP contribution in [0, 0.1) is 17.1 Å². The zero-order chi connectivity index (χ0) is 20.9. The number of esters is 1. The molecule has 0 bridgehead atoms. The average Bonchev–Trinajstić information content (AvgIpc) is 2.63. The zero-order valence-corrected chi connectivity index (χ0v) is 17.3. The van der Waals surface area contributed by atoms with E-state index in [4.69, 9.17) is 9.47 Å². The second kappa shape index (κ2) is 9.20. The van der Waals surface area contributed by atoms with E-state index in [1.165, 1.54) is 19.3 Å². The molecule has 0 fully saturated rings. The largest absolute Gasteiger partial charge is 0.459 e. The summed E-state index contributed by atoms with van der Waals surface area (Å²) in [6.45, 7) is 9.71. The van der Waals surface area contributed by atoms with Crippen LogP contribution < -0.4 is 4.90 Å². The third-order valence-corrected chi connectivity index (χ3v) is 5.11. The molecule has 6 heteroatoms. The van der Waals surface area contributed by atoms with Crippen molar-refractivity contribution in [1.29, 1.82) is 5.26 Å². The first-order valence-electron chi connectivity index (χ1n) is 9.64. The third-order valence-electron chi connectivity index (χ3n) is 5.11. The summed E-state index contributed by atoms with van der Waals surface area (Å²) >= 11 is 0. The first-order valence-corrected chi connectivity index (χ1v) is 9.64. The molecule has 1 aromatic carbocycles. The molecule has 1 aliphatic rings. The second-order valence-corrected chi connectivity index (χ2v) is 7.80. The number of rotatable bonds is 7. The molecule has 0 spiro atoms. The van der Waals surface area contributed by atoms with Crippen molar-refractivity contribution >= 4 is 17.7 Å². The number of halogens is 1. The summed E-state index contributed by atoms with van der Waals surface area (Å²) < 4.78 is 24.7. The van der Waals surface area contributed by atoms with Gasteiger partial charge in [-0.1, -0.05) is 13.8 Å². The first kappa shape index (κ1) is 21.9. The summed E-state index contributed by atoms with van der Waals surface area (Å²) in [6.07, 6.45) is 3.17. The summed E-state index contributed by atoms with van der Waals surface area (Å²) in [5, 5.41) is 9.30. The van der Waals surface area contributed by atoms with Crippen molar-refractivity contribution in [1.82, 2.24) is 0 Å². The Hall–Kier alpha value is -2.39. The lowest BCUT2D eigenvalue weighted by molar-refractivity contribution is -0.139. The predicted octanol–water partition coefficient (Wildman–Crippen LogP) is 4.42. The molecule has 0 amide bonds. The van der Waals surface area contributed by atoms with Gasteiger partial charge in [-0.05, 0) is 56.4 Å². The van der Waals surface area contributed by atoms with Gasteiger partial charge in [0.25, 0.3) is 0 Å². The number of methoxy groups -OCH3 is 1. The van der Waals surface area contributed by atoms with Gasteiger partial charge in [-0.2, -0.15) is 5.26 Å². The fraction of sp³-hybridized carbons (Fsp3) is 0.545. The molecule has 0 radical (unpaired) electrons. The minimum absolute atomic E-state index is 0.0408. The molecule has 5 nitrogen and oxygen atoms in total. The number of carbonyl (C=O) groups is 1. The number of fused-ring (bicyclic) bond motifs is 1. The standard InChI is InChI=1S/C22H29FN2O3/c1-6-7-25-20-12-19(23)16(11-18(20)15(2)13-22(25,3)4)10-17(14-24)21(26)28-9-8-27-5/h10-12,15H,6-9,13H2,1-5H3/b17-10-. The second-order valence-electron chi connectivity index (χ2n) is 7.80. The van der Waals surface area contributed by atoms with Crippen LogP contribution in [0.4, 0.5) is 10.1 Å². The van der Waals surface area contributed by atoms with Crippen molar-refractivity contribution in [3.63, 3.8) is 0 Å². The van der Waals surface area contributed by atoms with E-state index < -0.39 is 11.8 Å². The Morgan fingerprint density at radius 1 is 1.43 bits per heavy atom. The Morgan fingerprint density at radius 3 is 2.75 bits per heavy atom. The highest BCUT2D eigenvalue weighted by Gasteiger charge is 2.36. The topological polar surface area (TPSA) is 62.6 Å². The Kier molecular flexibility index (Phi) is 7.20. The number of hydrogen-bond acceptors (Lipinski definition) is 5. The number of benzene rings is 1. The monoisotopic (exact) mass is 388 g/mol. The van der Waals surface area contributed by atoms with E-state index in [0.29, 0.717) is 0 Å². The number of hydrogen-bond donors (Lipinski definition) is 0. The molecule has 2 rings (SSSR count). The lowest BCUT2D eigenvalue weighted by Crippen LogP contribution is -2.48. The molecule has 1 atom stereocenters. The van der Waals surface area contributed by atoms with Gasteiger partial charge in [-0.3, -0.25) is 0 Å². The maximum atomic E-state index is 14.9. The van der Waals surface area contributed by atoms with Gasteiger partial charge >= 0.3 is 5.97 Å². The van der Waals surface area contributed by atoms with Crippen LogP contribution in [-0.2, 0) is 14.3 Å². The molecule has 0 aliphatic carbocycles. The molecule has 1 aromatic rings. The van der Waals surface area contributed by atoms with Crippen LogP contribution in [0.5, 0.6) is 0 Å². The number of ether oxygens (including phenoxy) is 2. The molecular weight excluding hydrogens is 359 g/mol. The molecule has 1 unspecified atom stereocenters. The Bertz CT molecular complexity index is 796. The van der Waals surface area contributed by atoms with Crippen LogP contribution in [0.2, 0.25) is 0 Å². The highest BCUT2D eigenvalue weighted by Crippen LogP contribution is 2.44. The van der Waals surface area contributed by atoms with Gasteiger partial charge in [0.1, 0.15) is 24.1 Å². The molecule has 1 heterocycles. The SMILES string of the molecule is CCCN1c2cc(F)c(/C=C(/C#N)C(=O)OCCOC)cc2C(C)CC1(C)C. The maximum Gasteiger partial charge on any atom is 0.348 e. The van der Waals surface area contributed by atoms with Gasteiger partial charge in [-0.25, -0.2) is 9.18 Å². The Morgan fingerprint density at radius 2 is 2.14 bits per heavy atom. The van der Waals surface area contributed by atoms with Gasteiger partial charge in [0.05, 0.1) is 6.61 Å². The summed E-state index contributed by atoms with van der Waals surface area (Å²) in [5.41, 5.74) is 1.85. The van der Waals surface area contributed by atoms with E-state index in [9.17, 15) is 14.4 Å². The van der Waals surface area contributed by atoms with Crippen LogP contribution in [0.25, 0.3) is 6.08 Å². The van der Waals surface area contributed by atoms with Crippen molar-refractivity contribution in [3.05, 3.63) is 34.6 Å². The highest BCUT2D eigenvalue weighted by atomic mass is 19.1. The van der Waals surface area contributed by atoms with Crippen molar-refractivity contribution < 1.29 is 18.7 Å². The quantitative estimate of drug-likeness (QED) is 0.299. The van der Waals surface area contributed by atoms with Gasteiger partial charge in [-0.15, -0.1) is 0 Å². The highest BCUT2D eigenvalue weighted by molar-refractivity contribution is 5.98. The van der Waals surface area contributed by atoms with Gasteiger partial charge in [0, 0.05) is 30.4 Å². The van der Waals surface area contributed by atoms with Crippen molar-refractivity contribution in [2.45, 2.75) is 52.0 Å². The van der Waals surface area contributed by atoms with Crippen molar-refractivity contribution in [2.24, 2.45) is 0 Å². The average molecular weight is 388 g/mol. The predicted molar refractivity (Wildman–Crippen MR) is 108 cm³/mol. The summed E-state index contributed by atoms with van der Waals surface area (Å²) in [6, 6.07) is 5.09. The Labute approximate surface area is 166 Å². The minimum Gasteiger partial charge on any atom is -0.459 e. The van der Waals surface area contributed by atoms with Crippen LogP contribution in [0.15, 0.2) is 17.7 Å². The third kappa shape index (κ3) is 4.71. The van der Waals surface area contributed by atoms with E-state index >= 15 is 0 Å². The van der Waals surface area contributed by atoms with Crippen LogP contribution >= 0.6 is 0 Å². The van der Waals surface area contributed by atoms with Gasteiger partial charge in [0.15, 0.2) is 0 Å². The zero-order valence-electron chi connectivity index (χ0n) is 17.3. The molecule has 0 saturated heterocycles. The van der Waals surface area contributed by atoms with E-state index in [0.717, 1.165) is 30.6 Å². The molecule has 0 saturated carbocycles. The molecule has 0 aromatic heterocycles. The summed E-state index contributed by atoms with van der Waals surface area (Å²) in [5.74, 6) is -0.995. The lowest BCUT2D eigenvalue weighted by atomic mass is 9.79. The van der Waals surface area contributed by atoms with E-state index in [2.05, 4.69) is 32.6 Å². The van der Waals surface area contributed by atoms with E-state index in [1.54, 1.807) is 12.1 Å². The number of nitriles is 1. The Balaban J connectivity index is 2.42. The van der Waals surface area contributed by atoms with E-state index in [1.807, 2.05) is 0 Å². The lowest BCUT2D eigenvalue weighted by Gasteiger charge is -2.47. The van der Waals surface area contributed by atoms with E-state index in [-0.39, 0.29) is 35.8 Å². The number of nitrogens with zero attached hydrogens (tertiary/aromatic N) is 2. The summed E-state index contributed by atoms with van der Waals surface area (Å²) in [4.78, 5) is 14.3. The first-order chi connectivity index (χ1) is 13.2. The molecular formula is C22H29FN2O3. The van der Waals surface area contributed by atoms with Gasteiger partial charge in [0.2, 0.25) is 0 Å².